The number of hydrogen-bond acceptors (Lipinski definition) is 4. The fourth-order valence-electron chi connectivity index (χ4n) is 3.80. The van der Waals surface area contributed by atoms with Crippen LogP contribution in [0.5, 0.6) is 11.5 Å². The molecule has 0 heterocycles. The van der Waals surface area contributed by atoms with E-state index < -0.39 is 8.60 Å². The molecule has 2 rings (SSSR count). The Bertz CT molecular complexity index is 657. The third-order valence-electron chi connectivity index (χ3n) is 5.87. The molecule has 5 heteroatoms. The third-order valence-corrected chi connectivity index (χ3v) is 6.98. The maximum Gasteiger partial charge on any atom is 0.463 e. The minimum Gasteiger partial charge on any atom is -0.418 e. The van der Waals surface area contributed by atoms with E-state index in [0.29, 0.717) is 6.61 Å². The Hall–Kier alpha value is -1.61. The molecule has 0 aliphatic carbocycles. The fourth-order valence-corrected chi connectivity index (χ4v) is 4.81. The van der Waals surface area contributed by atoms with E-state index in [2.05, 4.69) is 6.92 Å². The summed E-state index contributed by atoms with van der Waals surface area (Å²) in [5.41, 5.74) is 0. The van der Waals surface area contributed by atoms with E-state index in [-0.39, 0.29) is 0 Å². The molecule has 0 radical (unpaired) electrons. The van der Waals surface area contributed by atoms with Crippen LogP contribution in [0.2, 0.25) is 0 Å². The molecule has 0 spiro atoms. The zero-order valence-corrected chi connectivity index (χ0v) is 22.8. The second-order valence-corrected chi connectivity index (χ2v) is 10.1. The Morgan fingerprint density at radius 2 is 0.886 bits per heavy atom. The standard InChI is InChI=1S/C30H47O4P/c1-2-3-4-5-7-10-19-26-31-27-20-11-8-6-9-12-21-28-32-35(33-29-22-15-13-16-23-29)34-30-24-17-14-18-25-30/h13-18,22-25H,2-12,19-21,26-28H2,1H3. The minimum absolute atomic E-state index is 0.651. The molecule has 35 heavy (non-hydrogen) atoms. The second kappa shape index (κ2) is 21.7. The summed E-state index contributed by atoms with van der Waals surface area (Å²) in [4.78, 5) is 0. The molecule has 0 aliphatic heterocycles. The van der Waals surface area contributed by atoms with Crippen LogP contribution in [0.4, 0.5) is 0 Å². The number of para-hydroxylation sites is 2. The summed E-state index contributed by atoms with van der Waals surface area (Å²) in [6, 6.07) is 19.4. The molecule has 0 bridgehead atoms. The molecule has 2 aromatic rings. The molecule has 196 valence electrons. The van der Waals surface area contributed by atoms with Crippen molar-refractivity contribution < 1.29 is 18.3 Å². The van der Waals surface area contributed by atoms with Gasteiger partial charge in [0.1, 0.15) is 11.5 Å². The first-order chi connectivity index (χ1) is 17.4. The zero-order valence-electron chi connectivity index (χ0n) is 21.9. The van der Waals surface area contributed by atoms with E-state index in [1.807, 2.05) is 60.7 Å². The number of hydrogen-bond donors (Lipinski definition) is 0. The second-order valence-electron chi connectivity index (χ2n) is 9.07. The van der Waals surface area contributed by atoms with Crippen molar-refractivity contribution in [1.82, 2.24) is 0 Å². The summed E-state index contributed by atoms with van der Waals surface area (Å²) in [6.45, 7) is 4.79. The molecule has 4 nitrogen and oxygen atoms in total. The van der Waals surface area contributed by atoms with Crippen LogP contribution in [0.3, 0.4) is 0 Å². The van der Waals surface area contributed by atoms with E-state index in [9.17, 15) is 0 Å². The lowest BCUT2D eigenvalue weighted by atomic mass is 10.1. The summed E-state index contributed by atoms with van der Waals surface area (Å²) >= 11 is 0. The van der Waals surface area contributed by atoms with Crippen molar-refractivity contribution in [3.05, 3.63) is 60.7 Å². The van der Waals surface area contributed by atoms with Crippen LogP contribution in [-0.4, -0.2) is 19.8 Å². The first-order valence-electron chi connectivity index (χ1n) is 13.9. The van der Waals surface area contributed by atoms with Gasteiger partial charge >= 0.3 is 8.60 Å². The van der Waals surface area contributed by atoms with Crippen LogP contribution in [-0.2, 0) is 9.26 Å². The zero-order chi connectivity index (χ0) is 24.7. The maximum atomic E-state index is 5.98. The molecule has 0 fully saturated rings. The van der Waals surface area contributed by atoms with Gasteiger partial charge in [0, 0.05) is 13.2 Å². The van der Waals surface area contributed by atoms with Crippen LogP contribution in [0, 0.1) is 0 Å². The van der Waals surface area contributed by atoms with Crippen LogP contribution >= 0.6 is 8.60 Å². The first kappa shape index (κ1) is 29.6. The van der Waals surface area contributed by atoms with Crippen LogP contribution in [0.25, 0.3) is 0 Å². The van der Waals surface area contributed by atoms with Gasteiger partial charge in [-0.05, 0) is 43.5 Å². The number of unbranched alkanes of at least 4 members (excludes halogenated alkanes) is 12. The minimum atomic E-state index is -1.47. The monoisotopic (exact) mass is 502 g/mol. The lowest BCUT2D eigenvalue weighted by Crippen LogP contribution is -2.01. The molecule has 0 N–H and O–H groups in total. The Balaban J connectivity index is 1.42. The van der Waals surface area contributed by atoms with Gasteiger partial charge in [0.15, 0.2) is 0 Å². The molecule has 0 atom stereocenters. The van der Waals surface area contributed by atoms with Gasteiger partial charge in [-0.2, -0.15) is 0 Å². The molecule has 0 amide bonds. The molecular weight excluding hydrogens is 455 g/mol. The SMILES string of the molecule is CCCCCCCCCOCCCCCCCCCOP(Oc1ccccc1)Oc1ccccc1. The molecule has 2 aromatic carbocycles. The predicted octanol–water partition coefficient (Wildman–Crippen LogP) is 9.89. The Morgan fingerprint density at radius 3 is 1.34 bits per heavy atom. The van der Waals surface area contributed by atoms with Gasteiger partial charge < -0.3 is 13.8 Å². The number of benzene rings is 2. The summed E-state index contributed by atoms with van der Waals surface area (Å²) in [5, 5.41) is 0. The van der Waals surface area contributed by atoms with Crippen molar-refractivity contribution in [2.75, 3.05) is 19.8 Å². The number of rotatable bonds is 23. The molecule has 0 unspecified atom stereocenters. The average molecular weight is 503 g/mol. The topological polar surface area (TPSA) is 36.9 Å². The third kappa shape index (κ3) is 16.6. The lowest BCUT2D eigenvalue weighted by Gasteiger charge is -2.17. The normalized spacial score (nSPS) is 11.1. The highest BCUT2D eigenvalue weighted by atomic mass is 31.2. The first-order valence-corrected chi connectivity index (χ1v) is 14.9. The summed E-state index contributed by atoms with van der Waals surface area (Å²) < 4.78 is 23.7. The smallest absolute Gasteiger partial charge is 0.418 e. The van der Waals surface area contributed by atoms with Gasteiger partial charge in [-0.15, -0.1) is 0 Å². The molecule has 0 saturated carbocycles. The van der Waals surface area contributed by atoms with Gasteiger partial charge in [-0.3, -0.25) is 4.52 Å². The molecule has 0 saturated heterocycles. The Kier molecular flexibility index (Phi) is 18.3. The largest absolute Gasteiger partial charge is 0.463 e. The Morgan fingerprint density at radius 1 is 0.486 bits per heavy atom. The van der Waals surface area contributed by atoms with E-state index in [1.165, 1.54) is 83.5 Å². The van der Waals surface area contributed by atoms with E-state index in [4.69, 9.17) is 18.3 Å². The average Bonchev–Trinajstić information content (AvgIpc) is 2.89. The van der Waals surface area contributed by atoms with Gasteiger partial charge in [0.05, 0.1) is 6.61 Å². The van der Waals surface area contributed by atoms with Crippen molar-refractivity contribution in [1.29, 1.82) is 0 Å². The van der Waals surface area contributed by atoms with Crippen molar-refractivity contribution in [3.63, 3.8) is 0 Å². The highest BCUT2D eigenvalue weighted by molar-refractivity contribution is 7.42. The van der Waals surface area contributed by atoms with Gasteiger partial charge in [-0.1, -0.05) is 114 Å². The van der Waals surface area contributed by atoms with Crippen LogP contribution in [0.15, 0.2) is 60.7 Å². The quantitative estimate of drug-likeness (QED) is 0.112. The maximum absolute atomic E-state index is 5.98. The predicted molar refractivity (Wildman–Crippen MR) is 148 cm³/mol. The summed E-state index contributed by atoms with van der Waals surface area (Å²) in [6.07, 6.45) is 17.9. The van der Waals surface area contributed by atoms with Crippen LogP contribution < -0.4 is 9.05 Å². The van der Waals surface area contributed by atoms with E-state index >= 15 is 0 Å². The Labute approximate surface area is 215 Å². The van der Waals surface area contributed by atoms with Crippen molar-refractivity contribution in [3.8, 4) is 11.5 Å². The van der Waals surface area contributed by atoms with Crippen LogP contribution in [0.1, 0.15) is 96.8 Å². The number of ether oxygens (including phenoxy) is 1. The molecule has 0 aromatic heterocycles. The van der Waals surface area contributed by atoms with Crippen molar-refractivity contribution >= 4 is 8.60 Å². The van der Waals surface area contributed by atoms with Gasteiger partial charge in [0.25, 0.3) is 0 Å². The van der Waals surface area contributed by atoms with Gasteiger partial charge in [-0.25, -0.2) is 0 Å². The van der Waals surface area contributed by atoms with Gasteiger partial charge in [0.2, 0.25) is 0 Å². The highest BCUT2D eigenvalue weighted by Crippen LogP contribution is 2.41. The molecule has 0 aliphatic rings. The van der Waals surface area contributed by atoms with E-state index in [0.717, 1.165) is 31.1 Å². The van der Waals surface area contributed by atoms with Crippen molar-refractivity contribution in [2.45, 2.75) is 96.8 Å². The van der Waals surface area contributed by atoms with Crippen molar-refractivity contribution in [2.24, 2.45) is 0 Å². The lowest BCUT2D eigenvalue weighted by molar-refractivity contribution is 0.125. The summed E-state index contributed by atoms with van der Waals surface area (Å²) in [5.74, 6) is 1.53. The molecular formula is C30H47O4P. The summed E-state index contributed by atoms with van der Waals surface area (Å²) in [7, 11) is -1.47. The van der Waals surface area contributed by atoms with E-state index in [1.54, 1.807) is 0 Å². The fraction of sp³-hybridized carbons (Fsp3) is 0.600. The highest BCUT2D eigenvalue weighted by Gasteiger charge is 2.16.